The molecule has 0 N–H and O–H groups in total. The van der Waals surface area contributed by atoms with Gasteiger partial charge in [-0.3, -0.25) is 4.79 Å². The van der Waals surface area contributed by atoms with Crippen LogP contribution in [0.4, 0.5) is 0 Å². The lowest BCUT2D eigenvalue weighted by atomic mass is 10.1. The predicted octanol–water partition coefficient (Wildman–Crippen LogP) is 3.81. The molecule has 0 unspecified atom stereocenters. The Balaban J connectivity index is 3.33. The first-order valence-electron chi connectivity index (χ1n) is 4.19. The number of carbonyl (C=O) groups is 1. The topological polar surface area (TPSA) is 26.3 Å². The summed E-state index contributed by atoms with van der Waals surface area (Å²) in [6, 6.07) is 3.67. The van der Waals surface area contributed by atoms with Gasteiger partial charge in [0.1, 0.15) is 5.75 Å². The Bertz CT molecular complexity index is 361. The fourth-order valence-corrected chi connectivity index (χ4v) is 2.18. The van der Waals surface area contributed by atoms with Crippen molar-refractivity contribution in [3.63, 3.8) is 0 Å². The third-order valence-electron chi connectivity index (χ3n) is 1.70. The van der Waals surface area contributed by atoms with E-state index in [1.807, 2.05) is 19.1 Å². The van der Waals surface area contributed by atoms with Gasteiger partial charge in [0.2, 0.25) is 0 Å². The number of benzene rings is 1. The molecule has 0 radical (unpaired) electrons. The van der Waals surface area contributed by atoms with Crippen LogP contribution in [0.3, 0.4) is 0 Å². The first-order chi connectivity index (χ1) is 6.57. The number of hydrogen-bond donors (Lipinski definition) is 0. The zero-order chi connectivity index (χ0) is 10.7. The van der Waals surface area contributed by atoms with Crippen LogP contribution in [0.5, 0.6) is 5.75 Å². The fraction of sp³-hybridized carbons (Fsp3) is 0.300. The molecule has 0 atom stereocenters. The van der Waals surface area contributed by atoms with Gasteiger partial charge in [-0.1, -0.05) is 0 Å². The lowest BCUT2D eigenvalue weighted by Crippen LogP contribution is -2.02. The highest BCUT2D eigenvalue weighted by Crippen LogP contribution is 2.34. The minimum Gasteiger partial charge on any atom is -0.492 e. The van der Waals surface area contributed by atoms with E-state index in [0.717, 1.165) is 8.95 Å². The van der Waals surface area contributed by atoms with Gasteiger partial charge in [-0.2, -0.15) is 0 Å². The summed E-state index contributed by atoms with van der Waals surface area (Å²) in [5.74, 6) is 0.594. The van der Waals surface area contributed by atoms with Gasteiger partial charge >= 0.3 is 0 Å². The van der Waals surface area contributed by atoms with Crippen LogP contribution in [0.15, 0.2) is 21.1 Å². The van der Waals surface area contributed by atoms with Crippen LogP contribution in [-0.4, -0.2) is 12.4 Å². The van der Waals surface area contributed by atoms with Crippen molar-refractivity contribution < 1.29 is 9.53 Å². The number of halogens is 2. The van der Waals surface area contributed by atoms with Crippen molar-refractivity contribution in [3.8, 4) is 5.75 Å². The molecule has 0 spiro atoms. The van der Waals surface area contributed by atoms with Crippen molar-refractivity contribution in [2.75, 3.05) is 6.61 Å². The number of rotatable bonds is 3. The van der Waals surface area contributed by atoms with Gasteiger partial charge in [-0.05, 0) is 57.8 Å². The van der Waals surface area contributed by atoms with Crippen molar-refractivity contribution in [1.29, 1.82) is 0 Å². The molecule has 76 valence electrons. The molecule has 0 bridgehead atoms. The molecular weight excluding hydrogens is 312 g/mol. The third kappa shape index (κ3) is 2.36. The Labute approximate surface area is 99.9 Å². The second-order valence-electron chi connectivity index (χ2n) is 2.72. The van der Waals surface area contributed by atoms with Crippen LogP contribution in [0.1, 0.15) is 24.2 Å². The van der Waals surface area contributed by atoms with Crippen LogP contribution in [-0.2, 0) is 0 Å². The largest absolute Gasteiger partial charge is 0.492 e. The number of ketones is 1. The van der Waals surface area contributed by atoms with Crippen molar-refractivity contribution in [2.45, 2.75) is 13.8 Å². The van der Waals surface area contributed by atoms with Crippen molar-refractivity contribution >= 4 is 37.6 Å². The van der Waals surface area contributed by atoms with Crippen molar-refractivity contribution in [1.82, 2.24) is 0 Å². The van der Waals surface area contributed by atoms with Crippen molar-refractivity contribution in [2.24, 2.45) is 0 Å². The highest BCUT2D eigenvalue weighted by Gasteiger charge is 2.15. The lowest BCUT2D eigenvalue weighted by molar-refractivity contribution is 0.101. The standard InChI is InChI=1S/C10H10Br2O2/c1-3-14-10-8(12)5-4-7(11)9(10)6(2)13/h4-5H,3H2,1-2H3. The number of carbonyl (C=O) groups excluding carboxylic acids is 1. The highest BCUT2D eigenvalue weighted by molar-refractivity contribution is 9.11. The molecule has 14 heavy (non-hydrogen) atoms. The maximum Gasteiger partial charge on any atom is 0.164 e. The molecule has 1 rings (SSSR count). The maximum atomic E-state index is 11.4. The zero-order valence-electron chi connectivity index (χ0n) is 7.93. The average Bonchev–Trinajstić information content (AvgIpc) is 2.11. The molecule has 4 heteroatoms. The Hall–Kier alpha value is -0.350. The molecule has 1 aromatic rings. The molecule has 0 aliphatic heterocycles. The minimum absolute atomic E-state index is 0.0124. The van der Waals surface area contributed by atoms with E-state index in [1.54, 1.807) is 0 Å². The molecule has 0 fully saturated rings. The molecule has 1 aromatic carbocycles. The van der Waals surface area contributed by atoms with E-state index in [0.29, 0.717) is 17.9 Å². The fourth-order valence-electron chi connectivity index (χ4n) is 1.15. The van der Waals surface area contributed by atoms with Gasteiger partial charge in [0.15, 0.2) is 5.78 Å². The summed E-state index contributed by atoms with van der Waals surface area (Å²) in [5.41, 5.74) is 0.584. The Morgan fingerprint density at radius 2 is 1.93 bits per heavy atom. The molecule has 0 aliphatic rings. The first kappa shape index (κ1) is 11.7. The lowest BCUT2D eigenvalue weighted by Gasteiger charge is -2.11. The molecule has 0 heterocycles. The van der Waals surface area contributed by atoms with Crippen LogP contribution in [0.2, 0.25) is 0 Å². The number of hydrogen-bond acceptors (Lipinski definition) is 2. The van der Waals surface area contributed by atoms with Gasteiger partial charge in [0, 0.05) is 4.47 Å². The molecule has 0 amide bonds. The van der Waals surface area contributed by atoms with Crippen LogP contribution in [0, 0.1) is 0 Å². The second kappa shape index (κ2) is 4.94. The highest BCUT2D eigenvalue weighted by atomic mass is 79.9. The first-order valence-corrected chi connectivity index (χ1v) is 5.78. The van der Waals surface area contributed by atoms with E-state index in [-0.39, 0.29) is 5.78 Å². The van der Waals surface area contributed by atoms with Crippen LogP contribution in [0.25, 0.3) is 0 Å². The SMILES string of the molecule is CCOc1c(Br)ccc(Br)c1C(C)=O. The van der Waals surface area contributed by atoms with Crippen LogP contribution < -0.4 is 4.74 Å². The number of ether oxygens (including phenoxy) is 1. The summed E-state index contributed by atoms with van der Waals surface area (Å²) >= 11 is 6.68. The summed E-state index contributed by atoms with van der Waals surface area (Å²) in [5, 5.41) is 0. The Morgan fingerprint density at radius 3 is 2.43 bits per heavy atom. The number of Topliss-reactive ketones (excluding diaryl/α,β-unsaturated/α-hetero) is 1. The summed E-state index contributed by atoms with van der Waals surface area (Å²) in [6.45, 7) is 3.95. The van der Waals surface area contributed by atoms with Crippen molar-refractivity contribution in [3.05, 3.63) is 26.6 Å². The van der Waals surface area contributed by atoms with Gasteiger partial charge in [0.25, 0.3) is 0 Å². The van der Waals surface area contributed by atoms with E-state index in [4.69, 9.17) is 4.74 Å². The molecular formula is C10H10Br2O2. The van der Waals surface area contributed by atoms with E-state index in [1.165, 1.54) is 6.92 Å². The molecule has 0 saturated heterocycles. The van der Waals surface area contributed by atoms with E-state index >= 15 is 0 Å². The Morgan fingerprint density at radius 1 is 1.36 bits per heavy atom. The average molecular weight is 322 g/mol. The second-order valence-corrected chi connectivity index (χ2v) is 4.43. The normalized spacial score (nSPS) is 10.0. The molecule has 0 saturated carbocycles. The zero-order valence-corrected chi connectivity index (χ0v) is 11.1. The summed E-state index contributed by atoms with van der Waals surface area (Å²) < 4.78 is 6.97. The Kier molecular flexibility index (Phi) is 4.13. The summed E-state index contributed by atoms with van der Waals surface area (Å²) in [7, 11) is 0. The van der Waals surface area contributed by atoms with E-state index in [2.05, 4.69) is 31.9 Å². The van der Waals surface area contributed by atoms with E-state index in [9.17, 15) is 4.79 Å². The van der Waals surface area contributed by atoms with Gasteiger partial charge in [-0.15, -0.1) is 0 Å². The predicted molar refractivity (Wildman–Crippen MR) is 63.0 cm³/mol. The third-order valence-corrected chi connectivity index (χ3v) is 2.98. The smallest absolute Gasteiger partial charge is 0.164 e. The quantitative estimate of drug-likeness (QED) is 0.791. The summed E-state index contributed by atoms with van der Waals surface area (Å²) in [4.78, 5) is 11.4. The minimum atomic E-state index is -0.0124. The molecule has 2 nitrogen and oxygen atoms in total. The molecule has 0 aromatic heterocycles. The molecule has 0 aliphatic carbocycles. The van der Waals surface area contributed by atoms with Gasteiger partial charge < -0.3 is 4.74 Å². The van der Waals surface area contributed by atoms with Gasteiger partial charge in [0.05, 0.1) is 16.6 Å². The van der Waals surface area contributed by atoms with E-state index < -0.39 is 0 Å². The van der Waals surface area contributed by atoms with Crippen LogP contribution >= 0.6 is 31.9 Å². The summed E-state index contributed by atoms with van der Waals surface area (Å²) in [6.07, 6.45) is 0. The maximum absolute atomic E-state index is 11.4. The monoisotopic (exact) mass is 320 g/mol. The van der Waals surface area contributed by atoms with Gasteiger partial charge in [-0.25, -0.2) is 0 Å².